The largest absolute Gasteiger partial charge is 0.467 e. The molecule has 124 valence electrons. The van der Waals surface area contributed by atoms with Gasteiger partial charge in [0.1, 0.15) is 12.0 Å². The van der Waals surface area contributed by atoms with Crippen molar-refractivity contribution in [2.75, 3.05) is 23.3 Å². The topological polar surface area (TPSA) is 84.4 Å². The molecule has 2 aromatic heterocycles. The summed E-state index contributed by atoms with van der Waals surface area (Å²) in [6.07, 6.45) is 3.88. The van der Waals surface area contributed by atoms with Crippen molar-refractivity contribution in [1.82, 2.24) is 4.98 Å². The van der Waals surface area contributed by atoms with Gasteiger partial charge in [-0.2, -0.15) is 0 Å². The van der Waals surface area contributed by atoms with Crippen molar-refractivity contribution in [2.24, 2.45) is 5.73 Å². The lowest BCUT2D eigenvalue weighted by molar-refractivity contribution is 0.102. The van der Waals surface area contributed by atoms with Gasteiger partial charge in [-0.3, -0.25) is 4.79 Å². The Bertz CT molecular complexity index is 880. The van der Waals surface area contributed by atoms with E-state index in [0.29, 0.717) is 11.3 Å². The molecule has 1 aromatic carbocycles. The fraction of sp³-hybridized carbons (Fsp3) is 0.294. The second-order valence-corrected chi connectivity index (χ2v) is 6.84. The van der Waals surface area contributed by atoms with Gasteiger partial charge in [0.2, 0.25) is 0 Å². The molecule has 0 unspecified atom stereocenters. The van der Waals surface area contributed by atoms with Gasteiger partial charge in [-0.05, 0) is 37.1 Å². The van der Waals surface area contributed by atoms with Crippen LogP contribution in [0, 0.1) is 0 Å². The summed E-state index contributed by atoms with van der Waals surface area (Å²) in [5.74, 6) is 0.385. The van der Waals surface area contributed by atoms with Gasteiger partial charge in [-0.1, -0.05) is 11.3 Å². The normalized spacial score (nSPS) is 14.5. The summed E-state index contributed by atoms with van der Waals surface area (Å²) in [4.78, 5) is 19.3. The molecule has 3 N–H and O–H groups in total. The van der Waals surface area contributed by atoms with E-state index in [1.165, 1.54) is 19.1 Å². The molecule has 0 atom stereocenters. The Morgan fingerprint density at radius 2 is 2.17 bits per heavy atom. The zero-order valence-electron chi connectivity index (χ0n) is 13.1. The lowest BCUT2D eigenvalue weighted by atomic mass is 10.2. The van der Waals surface area contributed by atoms with Crippen molar-refractivity contribution < 1.29 is 9.21 Å². The number of hydrogen-bond donors (Lipinski definition) is 2. The molecular formula is C17H18N4O2S. The highest BCUT2D eigenvalue weighted by atomic mass is 32.1. The summed E-state index contributed by atoms with van der Waals surface area (Å²) < 4.78 is 6.28. The van der Waals surface area contributed by atoms with E-state index in [1.54, 1.807) is 17.4 Å². The van der Waals surface area contributed by atoms with Gasteiger partial charge in [-0.15, -0.1) is 0 Å². The molecule has 7 heteroatoms. The van der Waals surface area contributed by atoms with Crippen LogP contribution in [-0.4, -0.2) is 24.0 Å². The number of anilines is 2. The van der Waals surface area contributed by atoms with E-state index in [-0.39, 0.29) is 12.5 Å². The number of benzene rings is 1. The standard InChI is InChI=1S/C17H18N4O2S/c18-9-13-7-11(10-23-13)16(22)19-12-3-4-14-15(8-12)24-17(20-14)21-5-1-2-6-21/h3-4,7-8,10H,1-2,5-6,9,18H2,(H,19,22). The number of furan rings is 1. The van der Waals surface area contributed by atoms with Crippen LogP contribution in [0.15, 0.2) is 34.9 Å². The second kappa shape index (κ2) is 6.26. The van der Waals surface area contributed by atoms with E-state index < -0.39 is 0 Å². The van der Waals surface area contributed by atoms with Crippen molar-refractivity contribution in [1.29, 1.82) is 0 Å². The van der Waals surface area contributed by atoms with Crippen molar-refractivity contribution in [3.63, 3.8) is 0 Å². The first-order chi connectivity index (χ1) is 11.7. The molecule has 6 nitrogen and oxygen atoms in total. The molecular weight excluding hydrogens is 324 g/mol. The quantitative estimate of drug-likeness (QED) is 0.760. The maximum absolute atomic E-state index is 12.3. The van der Waals surface area contributed by atoms with E-state index in [2.05, 4.69) is 10.2 Å². The molecule has 24 heavy (non-hydrogen) atoms. The Hall–Kier alpha value is -2.38. The molecule has 1 aliphatic rings. The lowest BCUT2D eigenvalue weighted by Crippen LogP contribution is -2.16. The van der Waals surface area contributed by atoms with Crippen LogP contribution in [0.2, 0.25) is 0 Å². The van der Waals surface area contributed by atoms with E-state index in [1.807, 2.05) is 18.2 Å². The molecule has 1 amide bonds. The molecule has 1 fully saturated rings. The lowest BCUT2D eigenvalue weighted by Gasteiger charge is -2.11. The van der Waals surface area contributed by atoms with Crippen LogP contribution < -0.4 is 16.0 Å². The molecule has 1 aliphatic heterocycles. The predicted molar refractivity (Wildman–Crippen MR) is 95.6 cm³/mol. The summed E-state index contributed by atoms with van der Waals surface area (Å²) in [6, 6.07) is 7.44. The van der Waals surface area contributed by atoms with Crippen molar-refractivity contribution in [3.8, 4) is 0 Å². The summed E-state index contributed by atoms with van der Waals surface area (Å²) in [5, 5.41) is 3.96. The van der Waals surface area contributed by atoms with Gasteiger partial charge in [0, 0.05) is 18.8 Å². The number of amides is 1. The maximum atomic E-state index is 12.3. The fourth-order valence-electron chi connectivity index (χ4n) is 2.84. The number of fused-ring (bicyclic) bond motifs is 1. The van der Waals surface area contributed by atoms with E-state index in [4.69, 9.17) is 15.1 Å². The van der Waals surface area contributed by atoms with Crippen molar-refractivity contribution in [3.05, 3.63) is 41.9 Å². The molecule has 0 bridgehead atoms. The Kier molecular flexibility index (Phi) is 3.95. The fourth-order valence-corrected chi connectivity index (χ4v) is 3.90. The zero-order valence-corrected chi connectivity index (χ0v) is 13.9. The van der Waals surface area contributed by atoms with Crippen LogP contribution in [-0.2, 0) is 6.54 Å². The number of nitrogens with zero attached hydrogens (tertiary/aromatic N) is 2. The number of thiazole rings is 1. The number of carbonyl (C=O) groups is 1. The van der Waals surface area contributed by atoms with Crippen LogP contribution in [0.4, 0.5) is 10.8 Å². The minimum absolute atomic E-state index is 0.206. The first kappa shape index (κ1) is 15.2. The highest BCUT2D eigenvalue weighted by Crippen LogP contribution is 2.32. The van der Waals surface area contributed by atoms with Crippen molar-refractivity contribution in [2.45, 2.75) is 19.4 Å². The van der Waals surface area contributed by atoms with Gasteiger partial charge >= 0.3 is 0 Å². The summed E-state index contributed by atoms with van der Waals surface area (Å²) in [7, 11) is 0. The van der Waals surface area contributed by atoms with Gasteiger partial charge in [0.25, 0.3) is 5.91 Å². The first-order valence-corrected chi connectivity index (χ1v) is 8.79. The van der Waals surface area contributed by atoms with Crippen LogP contribution in [0.1, 0.15) is 29.0 Å². The number of nitrogens with two attached hydrogens (primary N) is 1. The third-order valence-electron chi connectivity index (χ3n) is 4.13. The molecule has 0 aliphatic carbocycles. The zero-order chi connectivity index (χ0) is 16.5. The molecule has 3 heterocycles. The molecule has 1 saturated heterocycles. The van der Waals surface area contributed by atoms with Crippen LogP contribution in [0.25, 0.3) is 10.2 Å². The molecule has 3 aromatic rings. The smallest absolute Gasteiger partial charge is 0.258 e. The Balaban J connectivity index is 1.54. The van der Waals surface area contributed by atoms with Crippen LogP contribution in [0.3, 0.4) is 0 Å². The highest BCUT2D eigenvalue weighted by Gasteiger charge is 2.17. The Morgan fingerprint density at radius 1 is 1.33 bits per heavy atom. The monoisotopic (exact) mass is 342 g/mol. The molecule has 0 spiro atoms. The SMILES string of the molecule is NCc1cc(C(=O)Nc2ccc3nc(N4CCCC4)sc3c2)co1. The van der Waals surface area contributed by atoms with Crippen LogP contribution in [0.5, 0.6) is 0 Å². The summed E-state index contributed by atoms with van der Waals surface area (Å²) in [5.41, 5.74) is 7.68. The minimum atomic E-state index is -0.206. The number of aromatic nitrogens is 1. The summed E-state index contributed by atoms with van der Waals surface area (Å²) >= 11 is 1.67. The minimum Gasteiger partial charge on any atom is -0.467 e. The number of carbonyl (C=O) groups excluding carboxylic acids is 1. The number of rotatable bonds is 4. The molecule has 0 radical (unpaired) electrons. The van der Waals surface area contributed by atoms with Crippen molar-refractivity contribution >= 4 is 38.3 Å². The van der Waals surface area contributed by atoms with Gasteiger partial charge in [0.15, 0.2) is 5.13 Å². The average Bonchev–Trinajstić information content (AvgIpc) is 3.32. The van der Waals surface area contributed by atoms with Gasteiger partial charge in [-0.25, -0.2) is 4.98 Å². The first-order valence-electron chi connectivity index (χ1n) is 7.97. The molecule has 0 saturated carbocycles. The second-order valence-electron chi connectivity index (χ2n) is 5.83. The summed E-state index contributed by atoms with van der Waals surface area (Å²) in [6.45, 7) is 2.43. The van der Waals surface area contributed by atoms with E-state index in [0.717, 1.165) is 34.1 Å². The van der Waals surface area contributed by atoms with E-state index in [9.17, 15) is 4.79 Å². The van der Waals surface area contributed by atoms with Crippen LogP contribution >= 0.6 is 11.3 Å². The predicted octanol–water partition coefficient (Wildman–Crippen LogP) is 3.20. The van der Waals surface area contributed by atoms with Gasteiger partial charge < -0.3 is 20.4 Å². The Morgan fingerprint density at radius 3 is 2.92 bits per heavy atom. The highest BCUT2D eigenvalue weighted by molar-refractivity contribution is 7.22. The Labute approximate surface area is 143 Å². The molecule has 4 rings (SSSR count). The number of nitrogens with one attached hydrogen (secondary N) is 1. The third-order valence-corrected chi connectivity index (χ3v) is 5.21. The average molecular weight is 342 g/mol. The maximum Gasteiger partial charge on any atom is 0.258 e. The van der Waals surface area contributed by atoms with Gasteiger partial charge in [0.05, 0.1) is 22.3 Å². The number of hydrogen-bond acceptors (Lipinski definition) is 6. The van der Waals surface area contributed by atoms with E-state index >= 15 is 0 Å². The third kappa shape index (κ3) is 2.88.